The predicted octanol–water partition coefficient (Wildman–Crippen LogP) is 3.18. The van der Waals surface area contributed by atoms with E-state index in [-0.39, 0.29) is 22.7 Å². The maximum Gasteiger partial charge on any atom is 0.311 e. The monoisotopic (exact) mass is 234 g/mol. The van der Waals surface area contributed by atoms with Crippen LogP contribution < -0.4 is 0 Å². The molecule has 1 aliphatic rings. The second-order valence-corrected chi connectivity index (χ2v) is 5.74. The van der Waals surface area contributed by atoms with Gasteiger partial charge in [-0.1, -0.05) is 46.6 Å². The topological polar surface area (TPSA) is 26.3 Å². The van der Waals surface area contributed by atoms with Crippen molar-refractivity contribution in [2.45, 2.75) is 47.1 Å². The third-order valence-electron chi connectivity index (χ3n) is 4.21. The van der Waals surface area contributed by atoms with E-state index < -0.39 is 6.10 Å². The zero-order chi connectivity index (χ0) is 13.3. The van der Waals surface area contributed by atoms with Crippen molar-refractivity contribution in [1.29, 1.82) is 0 Å². The van der Waals surface area contributed by atoms with E-state index in [4.69, 9.17) is 11.2 Å². The van der Waals surface area contributed by atoms with Crippen molar-refractivity contribution in [2.75, 3.05) is 0 Å². The van der Waals surface area contributed by atoms with Crippen molar-refractivity contribution in [3.8, 4) is 12.3 Å². The van der Waals surface area contributed by atoms with Crippen molar-refractivity contribution in [1.82, 2.24) is 0 Å². The van der Waals surface area contributed by atoms with Crippen molar-refractivity contribution >= 4 is 5.97 Å². The lowest BCUT2D eigenvalue weighted by molar-refractivity contribution is -0.147. The highest BCUT2D eigenvalue weighted by Crippen LogP contribution is 2.68. The van der Waals surface area contributed by atoms with Crippen LogP contribution in [0.1, 0.15) is 41.0 Å². The van der Waals surface area contributed by atoms with Gasteiger partial charge in [0.25, 0.3) is 0 Å². The fraction of sp³-hybridized carbons (Fsp3) is 0.667. The molecule has 0 spiro atoms. The van der Waals surface area contributed by atoms with Crippen LogP contribution in [-0.2, 0) is 9.53 Å². The predicted molar refractivity (Wildman–Crippen MR) is 69.2 cm³/mol. The summed E-state index contributed by atoms with van der Waals surface area (Å²) in [6.45, 7) is 10.4. The Bertz CT molecular complexity index is 355. The number of carbonyl (C=O) groups excluding carboxylic acids is 1. The van der Waals surface area contributed by atoms with Crippen LogP contribution in [0.25, 0.3) is 0 Å². The number of allylic oxidation sites excluding steroid dienone is 1. The van der Waals surface area contributed by atoms with Crippen LogP contribution in [0.3, 0.4) is 0 Å². The van der Waals surface area contributed by atoms with Gasteiger partial charge in [-0.05, 0) is 23.3 Å². The largest absolute Gasteiger partial charge is 0.445 e. The molecule has 0 aliphatic heterocycles. The van der Waals surface area contributed by atoms with Crippen LogP contribution >= 0.6 is 0 Å². The summed E-state index contributed by atoms with van der Waals surface area (Å²) in [4.78, 5) is 12.0. The molecular weight excluding hydrogens is 212 g/mol. The third-order valence-corrected chi connectivity index (χ3v) is 4.21. The molecule has 0 saturated heterocycles. The third kappa shape index (κ3) is 2.39. The maximum atomic E-state index is 12.0. The molecule has 0 aromatic rings. The second-order valence-electron chi connectivity index (χ2n) is 5.74. The molecule has 2 heteroatoms. The molecule has 0 radical (unpaired) electrons. The van der Waals surface area contributed by atoms with E-state index in [0.29, 0.717) is 0 Å². The second kappa shape index (κ2) is 4.56. The first-order valence-electron chi connectivity index (χ1n) is 6.12. The van der Waals surface area contributed by atoms with Crippen LogP contribution in [0.2, 0.25) is 0 Å². The van der Waals surface area contributed by atoms with Crippen LogP contribution in [0.4, 0.5) is 0 Å². The Morgan fingerprint density at radius 1 is 1.41 bits per heavy atom. The number of rotatable bonds is 4. The minimum Gasteiger partial charge on any atom is -0.445 e. The molecule has 0 bridgehead atoms. The van der Waals surface area contributed by atoms with Crippen molar-refractivity contribution in [2.24, 2.45) is 16.7 Å². The highest BCUT2D eigenvalue weighted by Gasteiger charge is 2.69. The van der Waals surface area contributed by atoms with Gasteiger partial charge in [-0.3, -0.25) is 4.79 Å². The molecule has 0 aromatic heterocycles. The molecule has 0 aromatic carbocycles. The summed E-state index contributed by atoms with van der Waals surface area (Å²) >= 11 is 0. The Kier molecular flexibility index (Phi) is 3.71. The van der Waals surface area contributed by atoms with Gasteiger partial charge in [-0.25, -0.2) is 0 Å². The molecule has 17 heavy (non-hydrogen) atoms. The first kappa shape index (κ1) is 13.8. The van der Waals surface area contributed by atoms with E-state index >= 15 is 0 Å². The van der Waals surface area contributed by atoms with Crippen LogP contribution in [0.5, 0.6) is 0 Å². The van der Waals surface area contributed by atoms with E-state index in [1.807, 2.05) is 13.0 Å². The van der Waals surface area contributed by atoms with Crippen molar-refractivity contribution in [3.05, 3.63) is 12.2 Å². The molecule has 1 unspecified atom stereocenters. The zero-order valence-corrected chi connectivity index (χ0v) is 11.4. The number of ether oxygens (including phenoxy) is 1. The molecule has 1 rings (SSSR count). The number of hydrogen-bond acceptors (Lipinski definition) is 2. The standard InChI is InChI=1S/C15H22O2/c1-7-9-10-11(8-2)17-13(16)12-14(3,4)15(12,5)6/h2,9-12H,7H2,1,3-6H3. The highest BCUT2D eigenvalue weighted by atomic mass is 16.5. The van der Waals surface area contributed by atoms with Gasteiger partial charge >= 0.3 is 5.97 Å². The van der Waals surface area contributed by atoms with Gasteiger partial charge in [0.2, 0.25) is 0 Å². The molecule has 0 heterocycles. The molecule has 0 N–H and O–H groups in total. The van der Waals surface area contributed by atoms with Gasteiger partial charge in [-0.15, -0.1) is 6.42 Å². The normalized spacial score (nSPS) is 23.1. The van der Waals surface area contributed by atoms with Crippen molar-refractivity contribution in [3.63, 3.8) is 0 Å². The maximum absolute atomic E-state index is 12.0. The Hall–Kier alpha value is -1.23. The number of hydrogen-bond donors (Lipinski definition) is 0. The summed E-state index contributed by atoms with van der Waals surface area (Å²) in [5.41, 5.74) is -0.00456. The number of carbonyl (C=O) groups is 1. The summed E-state index contributed by atoms with van der Waals surface area (Å²) in [7, 11) is 0. The Balaban J connectivity index is 2.63. The van der Waals surface area contributed by atoms with Gasteiger partial charge in [0.05, 0.1) is 5.92 Å². The molecule has 1 saturated carbocycles. The molecule has 1 aliphatic carbocycles. The molecular formula is C15H22O2. The molecule has 94 valence electrons. The molecule has 1 atom stereocenters. The van der Waals surface area contributed by atoms with E-state index in [1.165, 1.54) is 0 Å². The minimum atomic E-state index is -0.533. The van der Waals surface area contributed by atoms with Gasteiger partial charge in [-0.2, -0.15) is 0 Å². The van der Waals surface area contributed by atoms with Crippen LogP contribution in [-0.4, -0.2) is 12.1 Å². The van der Waals surface area contributed by atoms with E-state index in [1.54, 1.807) is 6.08 Å². The van der Waals surface area contributed by atoms with Gasteiger partial charge in [0, 0.05) is 0 Å². The lowest BCUT2D eigenvalue weighted by atomic mass is 10.0. The fourth-order valence-electron chi connectivity index (χ4n) is 2.37. The Morgan fingerprint density at radius 3 is 2.29 bits per heavy atom. The quantitative estimate of drug-likeness (QED) is 0.424. The summed E-state index contributed by atoms with van der Waals surface area (Å²) in [6, 6.07) is 0. The first-order valence-corrected chi connectivity index (χ1v) is 6.12. The Morgan fingerprint density at radius 2 is 1.94 bits per heavy atom. The lowest BCUT2D eigenvalue weighted by Crippen LogP contribution is -2.18. The Labute approximate surface area is 104 Å². The summed E-state index contributed by atoms with van der Waals surface area (Å²) in [6.07, 6.45) is 9.37. The SMILES string of the molecule is C#CC(C=CCC)OC(=O)C1C(C)(C)C1(C)C. The lowest BCUT2D eigenvalue weighted by Gasteiger charge is -2.09. The van der Waals surface area contributed by atoms with Gasteiger partial charge in [0.1, 0.15) is 0 Å². The average molecular weight is 234 g/mol. The van der Waals surface area contributed by atoms with E-state index in [9.17, 15) is 4.79 Å². The van der Waals surface area contributed by atoms with Gasteiger partial charge < -0.3 is 4.74 Å². The number of terminal acetylenes is 1. The van der Waals surface area contributed by atoms with Crippen molar-refractivity contribution < 1.29 is 9.53 Å². The zero-order valence-electron chi connectivity index (χ0n) is 11.4. The first-order chi connectivity index (χ1) is 7.79. The fourth-order valence-corrected chi connectivity index (χ4v) is 2.37. The smallest absolute Gasteiger partial charge is 0.311 e. The summed E-state index contributed by atoms with van der Waals surface area (Å²) < 4.78 is 5.34. The molecule has 1 fully saturated rings. The molecule has 2 nitrogen and oxygen atoms in total. The van der Waals surface area contributed by atoms with Crippen LogP contribution in [0, 0.1) is 29.1 Å². The van der Waals surface area contributed by atoms with E-state index in [0.717, 1.165) is 6.42 Å². The molecule has 0 amide bonds. The van der Waals surface area contributed by atoms with Gasteiger partial charge in [0.15, 0.2) is 6.10 Å². The average Bonchev–Trinajstić information content (AvgIpc) is 2.64. The summed E-state index contributed by atoms with van der Waals surface area (Å²) in [5.74, 6) is 2.24. The number of esters is 1. The van der Waals surface area contributed by atoms with Crippen LogP contribution in [0.15, 0.2) is 12.2 Å². The highest BCUT2D eigenvalue weighted by molar-refractivity contribution is 5.79. The van der Waals surface area contributed by atoms with E-state index in [2.05, 4.69) is 33.6 Å². The summed E-state index contributed by atoms with van der Waals surface area (Å²) in [5, 5.41) is 0. The minimum absolute atomic E-state index is 0.00228.